The lowest BCUT2D eigenvalue weighted by molar-refractivity contribution is -0.163. The van der Waals surface area contributed by atoms with Crippen LogP contribution in [0, 0.1) is 11.3 Å². The highest BCUT2D eigenvalue weighted by atomic mass is 16.5. The maximum absolute atomic E-state index is 14.1. The van der Waals surface area contributed by atoms with Crippen molar-refractivity contribution in [2.24, 2.45) is 11.3 Å². The zero-order chi connectivity index (χ0) is 24.7. The summed E-state index contributed by atoms with van der Waals surface area (Å²) in [6.45, 7) is 21.2. The fourth-order valence-electron chi connectivity index (χ4n) is 6.28. The van der Waals surface area contributed by atoms with Gasteiger partial charge in [-0.1, -0.05) is 40.2 Å². The molecule has 0 N–H and O–H groups in total. The van der Waals surface area contributed by atoms with Crippen LogP contribution < -0.4 is 9.47 Å². The summed E-state index contributed by atoms with van der Waals surface area (Å²) < 4.78 is 19.1. The van der Waals surface area contributed by atoms with Gasteiger partial charge in [0.2, 0.25) is 0 Å². The van der Waals surface area contributed by atoms with E-state index in [9.17, 15) is 4.79 Å². The number of fused-ring (bicyclic) bond motifs is 3. The zero-order valence-electron chi connectivity index (χ0n) is 22.6. The van der Waals surface area contributed by atoms with Gasteiger partial charge in [0.05, 0.1) is 18.3 Å². The summed E-state index contributed by atoms with van der Waals surface area (Å²) in [5, 5.41) is 0. The molecule has 1 saturated carbocycles. The molecule has 2 aliphatic rings. The molecule has 4 nitrogen and oxygen atoms in total. The van der Waals surface area contributed by atoms with E-state index >= 15 is 0 Å². The van der Waals surface area contributed by atoms with Crippen molar-refractivity contribution in [3.63, 3.8) is 0 Å². The highest BCUT2D eigenvalue weighted by molar-refractivity contribution is 5.87. The molecule has 1 aromatic carbocycles. The lowest BCUT2D eigenvalue weighted by Crippen LogP contribution is -2.55. The third kappa shape index (κ3) is 4.77. The van der Waals surface area contributed by atoms with E-state index in [2.05, 4.69) is 61.5 Å². The number of hydrogen-bond donors (Lipinski definition) is 0. The minimum absolute atomic E-state index is 0.0100. The number of carbonyl (C=O) groups is 1. The van der Waals surface area contributed by atoms with Gasteiger partial charge in [-0.05, 0) is 90.0 Å². The highest BCUT2D eigenvalue weighted by Gasteiger charge is 2.59. The van der Waals surface area contributed by atoms with Crippen molar-refractivity contribution in [3.05, 3.63) is 22.8 Å². The van der Waals surface area contributed by atoms with Gasteiger partial charge in [0, 0.05) is 11.1 Å². The maximum Gasteiger partial charge on any atom is 0.317 e. The number of aryl methyl sites for hydroxylation is 1. The Bertz CT molecular complexity index is 865. The molecule has 186 valence electrons. The molecule has 0 radical (unpaired) electrons. The van der Waals surface area contributed by atoms with Crippen LogP contribution in [0.25, 0.3) is 0 Å². The second-order valence-corrected chi connectivity index (χ2v) is 12.0. The SMILES string of the molecule is CC(C)OC(=O)[C@]12CCCC(C)(C)[C@@H]1CCc1cc(C(C)C)c(OC(C)C)c(OC(C)C)c12. The first-order valence-electron chi connectivity index (χ1n) is 13.1. The molecule has 0 amide bonds. The fourth-order valence-corrected chi connectivity index (χ4v) is 6.28. The molecule has 0 aromatic heterocycles. The van der Waals surface area contributed by atoms with Crippen molar-refractivity contribution in [1.82, 2.24) is 0 Å². The molecule has 1 aromatic rings. The highest BCUT2D eigenvalue weighted by Crippen LogP contribution is 2.61. The summed E-state index contributed by atoms with van der Waals surface area (Å²) in [7, 11) is 0. The lowest BCUT2D eigenvalue weighted by atomic mass is 9.49. The maximum atomic E-state index is 14.1. The summed E-state index contributed by atoms with van der Waals surface area (Å²) in [5.41, 5.74) is 2.80. The van der Waals surface area contributed by atoms with Crippen LogP contribution in [0.3, 0.4) is 0 Å². The van der Waals surface area contributed by atoms with Crippen LogP contribution >= 0.6 is 0 Å². The Morgan fingerprint density at radius 3 is 2.06 bits per heavy atom. The Hall–Kier alpha value is -1.71. The quantitative estimate of drug-likeness (QED) is 0.401. The number of benzene rings is 1. The Morgan fingerprint density at radius 1 is 0.909 bits per heavy atom. The van der Waals surface area contributed by atoms with Crippen LogP contribution in [-0.2, 0) is 21.4 Å². The summed E-state index contributed by atoms with van der Waals surface area (Å²) >= 11 is 0. The van der Waals surface area contributed by atoms with Crippen LogP contribution in [0.15, 0.2) is 6.07 Å². The fraction of sp³-hybridized carbons (Fsp3) is 0.759. The average Bonchev–Trinajstić information content (AvgIpc) is 2.67. The molecule has 4 heteroatoms. The minimum atomic E-state index is -0.700. The van der Waals surface area contributed by atoms with Crippen LogP contribution in [0.5, 0.6) is 11.5 Å². The van der Waals surface area contributed by atoms with E-state index in [4.69, 9.17) is 14.2 Å². The number of carbonyl (C=O) groups excluding carboxylic acids is 1. The first-order valence-corrected chi connectivity index (χ1v) is 13.1. The van der Waals surface area contributed by atoms with E-state index in [-0.39, 0.29) is 41.5 Å². The number of esters is 1. The van der Waals surface area contributed by atoms with Crippen molar-refractivity contribution in [2.75, 3.05) is 0 Å². The van der Waals surface area contributed by atoms with E-state index in [0.29, 0.717) is 0 Å². The van der Waals surface area contributed by atoms with Crippen molar-refractivity contribution in [2.45, 2.75) is 131 Å². The number of ether oxygens (including phenoxy) is 3. The van der Waals surface area contributed by atoms with Gasteiger partial charge in [-0.3, -0.25) is 4.79 Å². The van der Waals surface area contributed by atoms with Gasteiger partial charge >= 0.3 is 5.97 Å². The molecule has 0 spiro atoms. The molecule has 1 fully saturated rings. The Balaban J connectivity index is 2.40. The van der Waals surface area contributed by atoms with E-state index in [1.807, 2.05) is 13.8 Å². The summed E-state index contributed by atoms with van der Waals surface area (Å²) in [6, 6.07) is 2.30. The normalized spacial score (nSPS) is 24.1. The Labute approximate surface area is 201 Å². The van der Waals surface area contributed by atoms with Crippen molar-refractivity contribution < 1.29 is 19.0 Å². The predicted octanol–water partition coefficient (Wildman–Crippen LogP) is 7.35. The lowest BCUT2D eigenvalue weighted by Gasteiger charge is -2.54. The largest absolute Gasteiger partial charge is 0.487 e. The van der Waals surface area contributed by atoms with Crippen molar-refractivity contribution in [1.29, 1.82) is 0 Å². The van der Waals surface area contributed by atoms with Crippen LogP contribution in [0.1, 0.15) is 118 Å². The van der Waals surface area contributed by atoms with Gasteiger partial charge in [0.25, 0.3) is 0 Å². The molecular weight excluding hydrogens is 412 g/mol. The molecular formula is C29H46O4. The third-order valence-electron chi connectivity index (χ3n) is 7.46. The summed E-state index contributed by atoms with van der Waals surface area (Å²) in [4.78, 5) is 14.1. The number of rotatable bonds is 7. The number of hydrogen-bond acceptors (Lipinski definition) is 4. The molecule has 2 atom stereocenters. The molecule has 0 bridgehead atoms. The van der Waals surface area contributed by atoms with Gasteiger partial charge in [-0.15, -0.1) is 0 Å². The van der Waals surface area contributed by atoms with Gasteiger partial charge in [0.1, 0.15) is 5.41 Å². The third-order valence-corrected chi connectivity index (χ3v) is 7.46. The second-order valence-electron chi connectivity index (χ2n) is 12.0. The van der Waals surface area contributed by atoms with E-state index in [1.54, 1.807) is 0 Å². The molecule has 0 aliphatic heterocycles. The van der Waals surface area contributed by atoms with Gasteiger partial charge in [0.15, 0.2) is 11.5 Å². The van der Waals surface area contributed by atoms with Crippen molar-refractivity contribution >= 4 is 5.97 Å². The first-order chi connectivity index (χ1) is 15.3. The van der Waals surface area contributed by atoms with Gasteiger partial charge in [-0.25, -0.2) is 0 Å². The van der Waals surface area contributed by atoms with E-state index in [1.165, 1.54) is 11.1 Å². The standard InChI is InChI=1S/C29H46O4/c1-17(2)22-16-21-12-13-23-28(9,10)14-11-15-29(23,27(30)33-20(7)8)24(21)26(32-19(5)6)25(22)31-18(3)4/h16-20,23H,11-15H2,1-10H3/t23-,29+/m0/s1. The van der Waals surface area contributed by atoms with Crippen molar-refractivity contribution in [3.8, 4) is 11.5 Å². The molecule has 0 heterocycles. The monoisotopic (exact) mass is 458 g/mol. The van der Waals surface area contributed by atoms with Gasteiger partial charge < -0.3 is 14.2 Å². The van der Waals surface area contributed by atoms with Crippen LogP contribution in [0.2, 0.25) is 0 Å². The van der Waals surface area contributed by atoms with E-state index in [0.717, 1.165) is 49.2 Å². The van der Waals surface area contributed by atoms with Crippen LogP contribution in [-0.4, -0.2) is 24.3 Å². The van der Waals surface area contributed by atoms with Gasteiger partial charge in [-0.2, -0.15) is 0 Å². The summed E-state index contributed by atoms with van der Waals surface area (Å²) in [5.74, 6) is 2.01. The van der Waals surface area contributed by atoms with E-state index < -0.39 is 5.41 Å². The minimum Gasteiger partial charge on any atom is -0.487 e. The second kappa shape index (κ2) is 9.50. The Morgan fingerprint density at radius 2 is 1.52 bits per heavy atom. The molecule has 0 saturated heterocycles. The molecule has 2 aliphatic carbocycles. The molecule has 0 unspecified atom stereocenters. The molecule has 33 heavy (non-hydrogen) atoms. The summed E-state index contributed by atoms with van der Waals surface area (Å²) in [6.07, 6.45) is 4.71. The predicted molar refractivity (Wildman–Crippen MR) is 134 cm³/mol. The smallest absolute Gasteiger partial charge is 0.317 e. The topological polar surface area (TPSA) is 44.8 Å². The Kier molecular flexibility index (Phi) is 7.46. The average molecular weight is 459 g/mol. The zero-order valence-corrected chi connectivity index (χ0v) is 22.6. The first kappa shape index (κ1) is 25.9. The van der Waals surface area contributed by atoms with Crippen LogP contribution in [0.4, 0.5) is 0 Å². The molecule has 3 rings (SSSR count).